The summed E-state index contributed by atoms with van der Waals surface area (Å²) in [7, 11) is 0. The van der Waals surface area contributed by atoms with Crippen molar-refractivity contribution in [2.75, 3.05) is 19.6 Å². The Labute approximate surface area is 176 Å². The van der Waals surface area contributed by atoms with Gasteiger partial charge in [0.25, 0.3) is 0 Å². The second-order valence-electron chi connectivity index (χ2n) is 7.85. The number of nitrogens with one attached hydrogen (secondary N) is 1. The van der Waals surface area contributed by atoms with Gasteiger partial charge in [-0.25, -0.2) is 0 Å². The van der Waals surface area contributed by atoms with Gasteiger partial charge in [0.15, 0.2) is 0 Å². The van der Waals surface area contributed by atoms with E-state index in [4.69, 9.17) is 0 Å². The van der Waals surface area contributed by atoms with Gasteiger partial charge in [-0.2, -0.15) is 11.3 Å². The zero-order chi connectivity index (χ0) is 20.1. The molecule has 1 aliphatic heterocycles. The smallest absolute Gasteiger partial charge is 0.227 e. The quantitative estimate of drug-likeness (QED) is 0.634. The number of rotatable bonds is 7. The molecule has 4 rings (SSSR count). The maximum Gasteiger partial charge on any atom is 0.227 e. The third kappa shape index (κ3) is 4.57. The van der Waals surface area contributed by atoms with Gasteiger partial charge in [0, 0.05) is 32.0 Å². The molecule has 1 atom stereocenters. The topological polar surface area (TPSA) is 45.2 Å². The Hall–Kier alpha value is -2.50. The SMILES string of the molecule is CCNC(=O)[C@@]1(Cc2ccc(-c3ccsc3)cc2)CCN(Cc2cccnc2)C1. The predicted octanol–water partition coefficient (Wildman–Crippen LogP) is 4.38. The molecule has 29 heavy (non-hydrogen) atoms. The lowest BCUT2D eigenvalue weighted by atomic mass is 9.79. The Bertz CT molecular complexity index is 925. The van der Waals surface area contributed by atoms with E-state index in [0.717, 1.165) is 32.5 Å². The summed E-state index contributed by atoms with van der Waals surface area (Å²) >= 11 is 1.71. The van der Waals surface area contributed by atoms with E-state index in [2.05, 4.69) is 62.4 Å². The summed E-state index contributed by atoms with van der Waals surface area (Å²) < 4.78 is 0. The Morgan fingerprint density at radius 1 is 1.17 bits per heavy atom. The molecule has 0 saturated carbocycles. The molecule has 150 valence electrons. The molecule has 3 aromatic rings. The van der Waals surface area contributed by atoms with Crippen molar-refractivity contribution in [2.45, 2.75) is 26.3 Å². The second-order valence-corrected chi connectivity index (χ2v) is 8.63. The van der Waals surface area contributed by atoms with E-state index in [1.54, 1.807) is 17.5 Å². The number of hydrogen-bond donors (Lipinski definition) is 1. The van der Waals surface area contributed by atoms with Gasteiger partial charge in [0.2, 0.25) is 5.91 Å². The van der Waals surface area contributed by atoms with Gasteiger partial charge in [-0.05, 0) is 71.5 Å². The molecular formula is C24H27N3OS. The number of pyridine rings is 1. The van der Waals surface area contributed by atoms with E-state index in [-0.39, 0.29) is 11.3 Å². The van der Waals surface area contributed by atoms with Crippen LogP contribution in [-0.4, -0.2) is 35.4 Å². The maximum absolute atomic E-state index is 13.1. The highest BCUT2D eigenvalue weighted by Gasteiger charge is 2.44. The first-order valence-corrected chi connectivity index (χ1v) is 11.1. The molecule has 1 aliphatic rings. The number of carbonyl (C=O) groups excluding carboxylic acids is 1. The van der Waals surface area contributed by atoms with Crippen LogP contribution in [0.2, 0.25) is 0 Å². The average Bonchev–Trinajstić information content (AvgIpc) is 3.41. The summed E-state index contributed by atoms with van der Waals surface area (Å²) in [5, 5.41) is 7.36. The first-order chi connectivity index (χ1) is 14.2. The van der Waals surface area contributed by atoms with Crippen LogP contribution in [0.5, 0.6) is 0 Å². The van der Waals surface area contributed by atoms with Gasteiger partial charge in [-0.1, -0.05) is 30.3 Å². The first-order valence-electron chi connectivity index (χ1n) is 10.2. The number of hydrogen-bond acceptors (Lipinski definition) is 4. The lowest BCUT2D eigenvalue weighted by Gasteiger charge is -2.28. The molecule has 0 radical (unpaired) electrons. The van der Waals surface area contributed by atoms with Crippen LogP contribution in [0, 0.1) is 5.41 Å². The number of benzene rings is 1. The van der Waals surface area contributed by atoms with E-state index >= 15 is 0 Å². The van der Waals surface area contributed by atoms with Gasteiger partial charge >= 0.3 is 0 Å². The largest absolute Gasteiger partial charge is 0.356 e. The van der Waals surface area contributed by atoms with E-state index < -0.39 is 0 Å². The summed E-state index contributed by atoms with van der Waals surface area (Å²) in [5.74, 6) is 0.176. The monoisotopic (exact) mass is 405 g/mol. The molecule has 3 heterocycles. The summed E-state index contributed by atoms with van der Waals surface area (Å²) in [6.45, 7) is 5.20. The summed E-state index contributed by atoms with van der Waals surface area (Å²) in [5.41, 5.74) is 4.52. The third-order valence-electron chi connectivity index (χ3n) is 5.73. The minimum atomic E-state index is -0.373. The highest BCUT2D eigenvalue weighted by atomic mass is 32.1. The number of carbonyl (C=O) groups is 1. The molecule has 1 fully saturated rings. The van der Waals surface area contributed by atoms with E-state index in [9.17, 15) is 4.79 Å². The fourth-order valence-electron chi connectivity index (χ4n) is 4.24. The molecule has 2 aromatic heterocycles. The summed E-state index contributed by atoms with van der Waals surface area (Å²) in [4.78, 5) is 19.7. The highest BCUT2D eigenvalue weighted by molar-refractivity contribution is 7.08. The normalized spacial score (nSPS) is 19.3. The predicted molar refractivity (Wildman–Crippen MR) is 119 cm³/mol. The van der Waals surface area contributed by atoms with Crippen LogP contribution >= 0.6 is 11.3 Å². The minimum absolute atomic E-state index is 0.176. The van der Waals surface area contributed by atoms with Crippen molar-refractivity contribution in [1.82, 2.24) is 15.2 Å². The van der Waals surface area contributed by atoms with Crippen LogP contribution < -0.4 is 5.32 Å². The lowest BCUT2D eigenvalue weighted by Crippen LogP contribution is -2.44. The van der Waals surface area contributed by atoms with Crippen molar-refractivity contribution >= 4 is 17.2 Å². The average molecular weight is 406 g/mol. The van der Waals surface area contributed by atoms with E-state index in [1.165, 1.54) is 22.3 Å². The first kappa shape index (κ1) is 19.8. The van der Waals surface area contributed by atoms with Crippen LogP contribution in [-0.2, 0) is 17.8 Å². The third-order valence-corrected chi connectivity index (χ3v) is 6.42. The van der Waals surface area contributed by atoms with Crippen molar-refractivity contribution in [1.29, 1.82) is 0 Å². The molecule has 5 heteroatoms. The van der Waals surface area contributed by atoms with Crippen LogP contribution in [0.1, 0.15) is 24.5 Å². The number of aromatic nitrogens is 1. The summed E-state index contributed by atoms with van der Waals surface area (Å²) in [6.07, 6.45) is 5.36. The van der Waals surface area contributed by atoms with Gasteiger partial charge in [-0.15, -0.1) is 0 Å². The zero-order valence-corrected chi connectivity index (χ0v) is 17.6. The zero-order valence-electron chi connectivity index (χ0n) is 16.8. The lowest BCUT2D eigenvalue weighted by molar-refractivity contribution is -0.130. The number of thiophene rings is 1. The van der Waals surface area contributed by atoms with Crippen molar-refractivity contribution in [3.05, 3.63) is 76.7 Å². The molecule has 1 aromatic carbocycles. The van der Waals surface area contributed by atoms with Crippen LogP contribution in [0.4, 0.5) is 0 Å². The van der Waals surface area contributed by atoms with Crippen molar-refractivity contribution in [3.8, 4) is 11.1 Å². The van der Waals surface area contributed by atoms with Crippen molar-refractivity contribution in [3.63, 3.8) is 0 Å². The Morgan fingerprint density at radius 2 is 2.03 bits per heavy atom. The molecular weight excluding hydrogens is 378 g/mol. The summed E-state index contributed by atoms with van der Waals surface area (Å²) in [6, 6.07) is 14.9. The fourth-order valence-corrected chi connectivity index (χ4v) is 4.90. The number of nitrogens with zero attached hydrogens (tertiary/aromatic N) is 2. The van der Waals surface area contributed by atoms with Crippen molar-refractivity contribution in [2.24, 2.45) is 5.41 Å². The molecule has 1 amide bonds. The molecule has 0 aliphatic carbocycles. The van der Waals surface area contributed by atoms with Crippen LogP contribution in [0.25, 0.3) is 11.1 Å². The molecule has 0 spiro atoms. The molecule has 1 N–H and O–H groups in total. The molecule has 1 saturated heterocycles. The maximum atomic E-state index is 13.1. The molecule has 4 nitrogen and oxygen atoms in total. The van der Waals surface area contributed by atoms with Crippen LogP contribution in [0.3, 0.4) is 0 Å². The highest BCUT2D eigenvalue weighted by Crippen LogP contribution is 2.36. The van der Waals surface area contributed by atoms with Crippen LogP contribution in [0.15, 0.2) is 65.6 Å². The Kier molecular flexibility index (Phi) is 6.07. The molecule has 0 bridgehead atoms. The Morgan fingerprint density at radius 3 is 2.72 bits per heavy atom. The van der Waals surface area contributed by atoms with Gasteiger partial charge in [0.1, 0.15) is 0 Å². The van der Waals surface area contributed by atoms with Gasteiger partial charge in [0.05, 0.1) is 5.41 Å². The Balaban J connectivity index is 1.50. The van der Waals surface area contributed by atoms with E-state index in [0.29, 0.717) is 6.54 Å². The minimum Gasteiger partial charge on any atom is -0.356 e. The van der Waals surface area contributed by atoms with Gasteiger partial charge in [-0.3, -0.25) is 14.7 Å². The molecule has 0 unspecified atom stereocenters. The second kappa shape index (κ2) is 8.89. The fraction of sp³-hybridized carbons (Fsp3) is 0.333. The van der Waals surface area contributed by atoms with Crippen molar-refractivity contribution < 1.29 is 4.79 Å². The number of amides is 1. The standard InChI is InChI=1S/C24H27N3OS/c1-2-26-23(28)24(10-12-27(18-24)16-20-4-3-11-25-15-20)14-19-5-7-21(8-6-19)22-9-13-29-17-22/h3-9,11,13,15,17H,2,10,12,14,16,18H2,1H3,(H,26,28)/t24-/m1/s1. The van der Waals surface area contributed by atoms with Gasteiger partial charge < -0.3 is 5.32 Å². The number of likely N-dealkylation sites (tertiary alicyclic amines) is 1. The van der Waals surface area contributed by atoms with E-state index in [1.807, 2.05) is 19.2 Å².